The summed E-state index contributed by atoms with van der Waals surface area (Å²) in [6.45, 7) is 5.49. The van der Waals surface area contributed by atoms with Gasteiger partial charge in [0, 0.05) is 25.0 Å². The molecule has 3 fully saturated rings. The van der Waals surface area contributed by atoms with Crippen LogP contribution in [0.1, 0.15) is 55.7 Å². The van der Waals surface area contributed by atoms with Gasteiger partial charge in [0.05, 0.1) is 6.10 Å². The Morgan fingerprint density at radius 3 is 2.54 bits per heavy atom. The summed E-state index contributed by atoms with van der Waals surface area (Å²) in [7, 11) is 0. The van der Waals surface area contributed by atoms with Crippen LogP contribution in [0.5, 0.6) is 0 Å². The van der Waals surface area contributed by atoms with Crippen molar-refractivity contribution < 1.29 is 14.3 Å². The Balaban J connectivity index is 1.09. The minimum absolute atomic E-state index is 0.0697. The fraction of sp³-hybridized carbons (Fsp3) is 0.652. The predicted molar refractivity (Wildman–Crippen MR) is 106 cm³/mol. The van der Waals surface area contributed by atoms with E-state index in [0.717, 1.165) is 25.9 Å². The van der Waals surface area contributed by atoms with Crippen LogP contribution in [0.15, 0.2) is 18.2 Å². The number of alkyl carbamates (subject to hydrolysis) is 1. The van der Waals surface area contributed by atoms with Gasteiger partial charge in [0.15, 0.2) is 0 Å². The van der Waals surface area contributed by atoms with Crippen molar-refractivity contribution in [3.05, 3.63) is 34.9 Å². The summed E-state index contributed by atoms with van der Waals surface area (Å²) >= 11 is 0. The van der Waals surface area contributed by atoms with Crippen LogP contribution in [0.4, 0.5) is 4.79 Å². The molecular formula is C23H30N2O3. The first-order chi connectivity index (χ1) is 13.5. The molecule has 3 atom stereocenters. The quantitative estimate of drug-likeness (QED) is 0.870. The summed E-state index contributed by atoms with van der Waals surface area (Å²) in [6.07, 6.45) is 4.76. The van der Waals surface area contributed by atoms with E-state index in [2.05, 4.69) is 28.4 Å². The molecule has 2 saturated carbocycles. The fourth-order valence-electron chi connectivity index (χ4n) is 5.61. The summed E-state index contributed by atoms with van der Waals surface area (Å²) in [5.41, 5.74) is 4.59. The molecule has 0 radical (unpaired) electrons. The van der Waals surface area contributed by atoms with E-state index in [0.29, 0.717) is 17.8 Å². The molecule has 2 amide bonds. The Kier molecular flexibility index (Phi) is 4.37. The monoisotopic (exact) mass is 382 g/mol. The summed E-state index contributed by atoms with van der Waals surface area (Å²) in [4.78, 5) is 26.5. The van der Waals surface area contributed by atoms with Gasteiger partial charge in [-0.3, -0.25) is 4.79 Å². The lowest BCUT2D eigenvalue weighted by Gasteiger charge is -2.37. The first kappa shape index (κ1) is 18.0. The third-order valence-corrected chi connectivity index (χ3v) is 7.17. The van der Waals surface area contributed by atoms with Gasteiger partial charge in [-0.1, -0.05) is 18.2 Å². The van der Waals surface area contributed by atoms with Gasteiger partial charge in [0.1, 0.15) is 0 Å². The summed E-state index contributed by atoms with van der Waals surface area (Å²) in [5.74, 6) is 2.32. The van der Waals surface area contributed by atoms with E-state index in [4.69, 9.17) is 4.74 Å². The van der Waals surface area contributed by atoms with Gasteiger partial charge in [-0.15, -0.1) is 0 Å². The molecule has 4 aliphatic rings. The molecule has 0 aromatic heterocycles. The number of ether oxygens (including phenoxy) is 1. The highest BCUT2D eigenvalue weighted by Crippen LogP contribution is 2.58. The van der Waals surface area contributed by atoms with Crippen molar-refractivity contribution in [2.24, 2.45) is 17.8 Å². The zero-order valence-electron chi connectivity index (χ0n) is 16.8. The largest absolute Gasteiger partial charge is 0.447 e. The Hall–Kier alpha value is -2.04. The van der Waals surface area contributed by atoms with Crippen molar-refractivity contribution in [2.45, 2.75) is 64.0 Å². The molecule has 5 rings (SSSR count). The van der Waals surface area contributed by atoms with Gasteiger partial charge in [-0.25, -0.2) is 4.79 Å². The normalized spacial score (nSPS) is 32.5. The van der Waals surface area contributed by atoms with E-state index in [9.17, 15) is 9.59 Å². The maximum absolute atomic E-state index is 12.8. The molecule has 5 heteroatoms. The van der Waals surface area contributed by atoms with Gasteiger partial charge in [-0.05, 0) is 80.4 Å². The van der Waals surface area contributed by atoms with E-state index in [-0.39, 0.29) is 30.1 Å². The Labute approximate surface area is 166 Å². The number of hydrogen-bond donors (Lipinski definition) is 1. The lowest BCUT2D eigenvalue weighted by atomic mass is 9.79. The van der Waals surface area contributed by atoms with Gasteiger partial charge in [0.2, 0.25) is 5.91 Å². The first-order valence-electron chi connectivity index (χ1n) is 10.9. The molecule has 1 heterocycles. The van der Waals surface area contributed by atoms with Crippen LogP contribution in [0.25, 0.3) is 0 Å². The van der Waals surface area contributed by atoms with Crippen LogP contribution in [0.2, 0.25) is 0 Å². The lowest BCUT2D eigenvalue weighted by molar-refractivity contribution is -0.138. The molecule has 1 saturated heterocycles. The third kappa shape index (κ3) is 3.19. The predicted octanol–water partition coefficient (Wildman–Crippen LogP) is 3.26. The van der Waals surface area contributed by atoms with Crippen molar-refractivity contribution in [3.63, 3.8) is 0 Å². The van der Waals surface area contributed by atoms with E-state index < -0.39 is 0 Å². The van der Waals surface area contributed by atoms with Crippen molar-refractivity contribution in [3.8, 4) is 0 Å². The van der Waals surface area contributed by atoms with Crippen molar-refractivity contribution in [1.82, 2.24) is 10.2 Å². The standard InChI is InChI=1S/C23H30N2O3/c1-13(2)28-23(27)24-18-9-17(10-18)22(26)25-11-19-20(12-25)21(19)16-7-6-14-4-3-5-15(14)8-16/h6-8,13,17-21H,3-5,9-12H2,1-2H3,(H,24,27)/t17-,18+,19-,20+,21+. The molecule has 1 aliphatic heterocycles. The molecular weight excluding hydrogens is 352 g/mol. The molecule has 3 aliphatic carbocycles. The van der Waals surface area contributed by atoms with Gasteiger partial charge in [-0.2, -0.15) is 0 Å². The number of hydrogen-bond acceptors (Lipinski definition) is 3. The lowest BCUT2D eigenvalue weighted by Crippen LogP contribution is -2.50. The van der Waals surface area contributed by atoms with E-state index in [1.165, 1.54) is 30.4 Å². The van der Waals surface area contributed by atoms with Crippen LogP contribution in [-0.4, -0.2) is 42.1 Å². The number of likely N-dealkylation sites (tertiary alicyclic amines) is 1. The zero-order valence-corrected chi connectivity index (χ0v) is 16.8. The van der Waals surface area contributed by atoms with Crippen LogP contribution in [0, 0.1) is 17.8 Å². The minimum Gasteiger partial charge on any atom is -0.447 e. The average Bonchev–Trinajstić information content (AvgIpc) is 2.99. The second kappa shape index (κ2) is 6.78. The van der Waals surface area contributed by atoms with Crippen LogP contribution >= 0.6 is 0 Å². The van der Waals surface area contributed by atoms with Gasteiger partial charge >= 0.3 is 6.09 Å². The molecule has 28 heavy (non-hydrogen) atoms. The highest BCUT2D eigenvalue weighted by Gasteiger charge is 2.58. The average molecular weight is 383 g/mol. The summed E-state index contributed by atoms with van der Waals surface area (Å²) in [6, 6.07) is 7.19. The minimum atomic E-state index is -0.370. The number of amides is 2. The summed E-state index contributed by atoms with van der Waals surface area (Å²) < 4.78 is 5.11. The fourth-order valence-corrected chi connectivity index (χ4v) is 5.61. The number of nitrogens with zero attached hydrogens (tertiary/aromatic N) is 1. The number of benzene rings is 1. The Morgan fingerprint density at radius 1 is 1.11 bits per heavy atom. The second-order valence-electron chi connectivity index (χ2n) is 9.44. The molecule has 1 aromatic carbocycles. The number of carbonyl (C=O) groups excluding carboxylic acids is 2. The molecule has 0 unspecified atom stereocenters. The Morgan fingerprint density at radius 2 is 1.82 bits per heavy atom. The van der Waals surface area contributed by atoms with Crippen LogP contribution in [-0.2, 0) is 22.4 Å². The van der Waals surface area contributed by atoms with Gasteiger partial charge < -0.3 is 15.0 Å². The van der Waals surface area contributed by atoms with E-state index in [1.54, 1.807) is 5.56 Å². The van der Waals surface area contributed by atoms with Crippen LogP contribution in [0.3, 0.4) is 0 Å². The molecule has 0 bridgehead atoms. The second-order valence-corrected chi connectivity index (χ2v) is 9.44. The van der Waals surface area contributed by atoms with E-state index >= 15 is 0 Å². The number of carbonyl (C=O) groups is 2. The van der Waals surface area contributed by atoms with E-state index in [1.807, 2.05) is 13.8 Å². The first-order valence-corrected chi connectivity index (χ1v) is 10.9. The summed E-state index contributed by atoms with van der Waals surface area (Å²) in [5, 5.41) is 2.86. The number of rotatable bonds is 4. The number of nitrogens with one attached hydrogen (secondary N) is 1. The zero-order chi connectivity index (χ0) is 19.4. The molecule has 150 valence electrons. The number of piperidine rings is 1. The molecule has 1 aromatic rings. The SMILES string of the molecule is CC(C)OC(=O)N[C@H]1C[C@@H](C(=O)N2C[C@@H]3[C@H](C2)[C@H]3c2ccc3c(c2)CCC3)C1. The maximum Gasteiger partial charge on any atom is 0.407 e. The Bertz CT molecular complexity index is 787. The van der Waals surface area contributed by atoms with Crippen LogP contribution < -0.4 is 5.32 Å². The smallest absolute Gasteiger partial charge is 0.407 e. The number of fused-ring (bicyclic) bond motifs is 2. The molecule has 5 nitrogen and oxygen atoms in total. The van der Waals surface area contributed by atoms with Gasteiger partial charge in [0.25, 0.3) is 0 Å². The topological polar surface area (TPSA) is 58.6 Å². The highest BCUT2D eigenvalue weighted by atomic mass is 16.6. The third-order valence-electron chi connectivity index (χ3n) is 7.17. The van der Waals surface area contributed by atoms with Crippen molar-refractivity contribution in [2.75, 3.05) is 13.1 Å². The molecule has 1 N–H and O–H groups in total. The van der Waals surface area contributed by atoms with Crippen molar-refractivity contribution in [1.29, 1.82) is 0 Å². The maximum atomic E-state index is 12.8. The van der Waals surface area contributed by atoms with Crippen molar-refractivity contribution >= 4 is 12.0 Å². The molecule has 0 spiro atoms. The highest BCUT2D eigenvalue weighted by molar-refractivity contribution is 5.81. The number of aryl methyl sites for hydroxylation is 2.